The van der Waals surface area contributed by atoms with Gasteiger partial charge in [-0.05, 0) is 36.6 Å². The second-order valence-electron chi connectivity index (χ2n) is 5.04. The van der Waals surface area contributed by atoms with E-state index in [1.54, 1.807) is 24.3 Å². The molecule has 4 heteroatoms. The Balaban J connectivity index is 2.44. The summed E-state index contributed by atoms with van der Waals surface area (Å²) in [5.41, 5.74) is 0.929. The number of aromatic hydroxyl groups is 1. The van der Waals surface area contributed by atoms with Crippen LogP contribution in [0.15, 0.2) is 30.4 Å². The van der Waals surface area contributed by atoms with Crippen LogP contribution in [0.1, 0.15) is 38.2 Å². The number of aliphatic hydroxyl groups is 1. The highest BCUT2D eigenvalue weighted by Gasteiger charge is 2.05. The van der Waals surface area contributed by atoms with Gasteiger partial charge in [-0.15, -0.1) is 0 Å². The molecule has 0 radical (unpaired) electrons. The van der Waals surface area contributed by atoms with Gasteiger partial charge in [0.15, 0.2) is 17.3 Å². The average Bonchev–Trinajstić information content (AvgIpc) is 2.49. The second kappa shape index (κ2) is 9.19. The predicted molar refractivity (Wildman–Crippen MR) is 82.7 cm³/mol. The van der Waals surface area contributed by atoms with E-state index >= 15 is 0 Å². The summed E-state index contributed by atoms with van der Waals surface area (Å²) in [6, 6.07) is 5.05. The molecule has 0 heterocycles. The zero-order valence-corrected chi connectivity index (χ0v) is 12.7. The first-order chi connectivity index (χ1) is 10.1. The maximum atomic E-state index is 11.7. The fraction of sp³-hybridized carbons (Fsp3) is 0.471. The van der Waals surface area contributed by atoms with Crippen LogP contribution in [0, 0.1) is 0 Å². The van der Waals surface area contributed by atoms with Gasteiger partial charge in [0.05, 0.1) is 13.2 Å². The number of hydrogen-bond donors (Lipinski definition) is 2. The van der Waals surface area contributed by atoms with E-state index in [-0.39, 0.29) is 11.5 Å². The number of unbranched alkanes of at least 4 members (excludes halogenated alkanes) is 1. The molecule has 1 rings (SSSR count). The Bertz CT molecular complexity index is 480. The minimum atomic E-state index is -0.539. The van der Waals surface area contributed by atoms with Crippen LogP contribution in [0.3, 0.4) is 0 Å². The molecular weight excluding hydrogens is 268 g/mol. The zero-order chi connectivity index (χ0) is 15.7. The number of methoxy groups -OCH3 is 1. The molecule has 1 aromatic carbocycles. The highest BCUT2D eigenvalue weighted by molar-refractivity contribution is 5.89. The quantitative estimate of drug-likeness (QED) is 0.687. The average molecular weight is 292 g/mol. The molecule has 0 saturated carbocycles. The summed E-state index contributed by atoms with van der Waals surface area (Å²) in [5, 5.41) is 19.1. The number of phenols is 1. The normalized spacial score (nSPS) is 12.5. The van der Waals surface area contributed by atoms with Crippen molar-refractivity contribution >= 4 is 5.78 Å². The molecule has 4 nitrogen and oxygen atoms in total. The molecular formula is C17H24O4. The maximum Gasteiger partial charge on any atom is 0.160 e. The highest BCUT2D eigenvalue weighted by atomic mass is 16.5. The fourth-order valence-corrected chi connectivity index (χ4v) is 1.96. The maximum absolute atomic E-state index is 11.7. The van der Waals surface area contributed by atoms with E-state index in [1.165, 1.54) is 13.2 Å². The van der Waals surface area contributed by atoms with E-state index in [1.807, 2.05) is 0 Å². The third kappa shape index (κ3) is 6.45. The molecule has 0 unspecified atom stereocenters. The molecule has 0 aliphatic heterocycles. The van der Waals surface area contributed by atoms with E-state index in [4.69, 9.17) is 4.74 Å². The molecule has 0 spiro atoms. The fourth-order valence-electron chi connectivity index (χ4n) is 1.96. The van der Waals surface area contributed by atoms with Gasteiger partial charge in [0.1, 0.15) is 0 Å². The van der Waals surface area contributed by atoms with Crippen LogP contribution in [-0.4, -0.2) is 29.2 Å². The number of ether oxygens (including phenoxy) is 1. The van der Waals surface area contributed by atoms with E-state index in [9.17, 15) is 15.0 Å². The van der Waals surface area contributed by atoms with Gasteiger partial charge in [-0.25, -0.2) is 0 Å². The summed E-state index contributed by atoms with van der Waals surface area (Å²) >= 11 is 0. The van der Waals surface area contributed by atoms with E-state index in [0.29, 0.717) is 25.0 Å². The topological polar surface area (TPSA) is 66.8 Å². The largest absolute Gasteiger partial charge is 0.504 e. The minimum absolute atomic E-state index is 0.0161. The molecule has 0 fully saturated rings. The van der Waals surface area contributed by atoms with E-state index in [0.717, 1.165) is 18.4 Å². The molecule has 0 aliphatic carbocycles. The first-order valence-corrected chi connectivity index (χ1v) is 7.31. The first-order valence-electron chi connectivity index (χ1n) is 7.31. The number of benzene rings is 1. The van der Waals surface area contributed by atoms with Crippen LogP contribution in [-0.2, 0) is 11.2 Å². The molecule has 0 amide bonds. The van der Waals surface area contributed by atoms with Gasteiger partial charge in [0, 0.05) is 6.42 Å². The third-order valence-electron chi connectivity index (χ3n) is 3.26. The van der Waals surface area contributed by atoms with Crippen LogP contribution in [0.4, 0.5) is 0 Å². The Morgan fingerprint density at radius 2 is 2.19 bits per heavy atom. The molecule has 0 aliphatic rings. The molecule has 2 N–H and O–H groups in total. The van der Waals surface area contributed by atoms with Crippen LogP contribution in [0.25, 0.3) is 0 Å². The lowest BCUT2D eigenvalue weighted by Gasteiger charge is -2.06. The van der Waals surface area contributed by atoms with Crippen molar-refractivity contribution in [1.29, 1.82) is 0 Å². The van der Waals surface area contributed by atoms with Crippen molar-refractivity contribution < 1.29 is 19.7 Å². The van der Waals surface area contributed by atoms with Crippen LogP contribution in [0.2, 0.25) is 0 Å². The number of allylic oxidation sites excluding steroid dienone is 1. The Hall–Kier alpha value is -1.81. The second-order valence-corrected chi connectivity index (χ2v) is 5.04. The molecule has 1 atom stereocenters. The molecule has 21 heavy (non-hydrogen) atoms. The third-order valence-corrected chi connectivity index (χ3v) is 3.26. The smallest absolute Gasteiger partial charge is 0.160 e. The Morgan fingerprint density at radius 3 is 2.86 bits per heavy atom. The molecule has 0 aromatic heterocycles. The van der Waals surface area contributed by atoms with Gasteiger partial charge in [0.25, 0.3) is 0 Å². The minimum Gasteiger partial charge on any atom is -0.504 e. The van der Waals surface area contributed by atoms with Crippen LogP contribution in [0.5, 0.6) is 11.5 Å². The number of aryl methyl sites for hydroxylation is 1. The predicted octanol–water partition coefficient (Wildman–Crippen LogP) is 3.01. The lowest BCUT2D eigenvalue weighted by Crippen LogP contribution is -2.03. The summed E-state index contributed by atoms with van der Waals surface area (Å²) in [4.78, 5) is 11.7. The summed E-state index contributed by atoms with van der Waals surface area (Å²) in [6.45, 7) is 2.06. The number of rotatable bonds is 9. The number of hydrogen-bond acceptors (Lipinski definition) is 4. The van der Waals surface area contributed by atoms with Gasteiger partial charge < -0.3 is 14.9 Å². The van der Waals surface area contributed by atoms with Crippen molar-refractivity contribution in [2.75, 3.05) is 7.11 Å². The Kier molecular flexibility index (Phi) is 7.54. The molecule has 1 aromatic rings. The van der Waals surface area contributed by atoms with E-state index < -0.39 is 6.10 Å². The number of carbonyl (C=O) groups excluding carboxylic acids is 1. The van der Waals surface area contributed by atoms with Gasteiger partial charge >= 0.3 is 0 Å². The number of phenolic OH excluding ortho intramolecular Hbond substituents is 1. The number of carbonyl (C=O) groups is 1. The molecule has 0 bridgehead atoms. The van der Waals surface area contributed by atoms with Crippen molar-refractivity contribution in [2.45, 2.75) is 45.1 Å². The van der Waals surface area contributed by atoms with Crippen molar-refractivity contribution in [3.63, 3.8) is 0 Å². The van der Waals surface area contributed by atoms with Crippen molar-refractivity contribution in [1.82, 2.24) is 0 Å². The molecule has 0 saturated heterocycles. The van der Waals surface area contributed by atoms with Gasteiger partial charge in [-0.3, -0.25) is 4.79 Å². The highest BCUT2D eigenvalue weighted by Crippen LogP contribution is 2.26. The first kappa shape index (κ1) is 17.2. The Morgan fingerprint density at radius 1 is 1.43 bits per heavy atom. The van der Waals surface area contributed by atoms with Crippen LogP contribution >= 0.6 is 0 Å². The lowest BCUT2D eigenvalue weighted by atomic mass is 10.1. The van der Waals surface area contributed by atoms with Gasteiger partial charge in [-0.1, -0.05) is 31.9 Å². The van der Waals surface area contributed by atoms with Crippen LogP contribution < -0.4 is 4.74 Å². The van der Waals surface area contributed by atoms with Crippen molar-refractivity contribution in [3.8, 4) is 11.5 Å². The van der Waals surface area contributed by atoms with Crippen molar-refractivity contribution in [3.05, 3.63) is 35.9 Å². The summed E-state index contributed by atoms with van der Waals surface area (Å²) < 4.78 is 5.03. The van der Waals surface area contributed by atoms with Crippen molar-refractivity contribution in [2.24, 2.45) is 0 Å². The van der Waals surface area contributed by atoms with E-state index in [2.05, 4.69) is 6.92 Å². The lowest BCUT2D eigenvalue weighted by molar-refractivity contribution is -0.114. The number of aliphatic hydroxyl groups excluding tert-OH is 1. The number of ketones is 1. The van der Waals surface area contributed by atoms with Gasteiger partial charge in [-0.2, -0.15) is 0 Å². The summed E-state index contributed by atoms with van der Waals surface area (Å²) in [6.07, 6.45) is 6.09. The van der Waals surface area contributed by atoms with Gasteiger partial charge in [0.2, 0.25) is 0 Å². The zero-order valence-electron chi connectivity index (χ0n) is 12.7. The SMILES string of the molecule is CCCC[C@@H](O)/C=C/C(=O)CCc1ccc(O)c(OC)c1. The standard InChI is InChI=1S/C17H24O4/c1-3-4-5-14(18)9-10-15(19)8-6-13-7-11-16(20)17(12-13)21-2/h7,9-12,14,18,20H,3-6,8H2,1-2H3/b10-9+/t14-/m1/s1. The summed E-state index contributed by atoms with van der Waals surface area (Å²) in [5.74, 6) is 0.481. The summed E-state index contributed by atoms with van der Waals surface area (Å²) in [7, 11) is 1.49. The monoisotopic (exact) mass is 292 g/mol. The molecule has 116 valence electrons. The Labute approximate surface area is 126 Å².